The summed E-state index contributed by atoms with van der Waals surface area (Å²) in [5.41, 5.74) is 0. The van der Waals surface area contributed by atoms with E-state index < -0.39 is 0 Å². The Morgan fingerprint density at radius 3 is 1.92 bits per heavy atom. The molecule has 0 amide bonds. The van der Waals surface area contributed by atoms with Crippen molar-refractivity contribution in [2.45, 2.75) is 46.6 Å². The maximum atomic E-state index is 8.81. The summed E-state index contributed by atoms with van der Waals surface area (Å²) in [6.07, 6.45) is 3.39. The largest absolute Gasteiger partial charge is 0.317 e. The molecule has 0 heterocycles. The van der Waals surface area contributed by atoms with Crippen LogP contribution in [0.15, 0.2) is 0 Å². The molecule has 0 bridgehead atoms. The number of rotatable bonds is 4. The maximum Gasteiger partial charge on any atom is 0.116 e. The Hall–Kier alpha value is -0.370. The minimum atomic E-state index is 0.687. The van der Waals surface area contributed by atoms with Crippen molar-refractivity contribution >= 4 is 6.29 Å². The Labute approximate surface area is 76.7 Å². The lowest BCUT2D eigenvalue weighted by atomic mass is 10.0. The first-order chi connectivity index (χ1) is 5.58. The highest BCUT2D eigenvalue weighted by Gasteiger charge is 1.98. The summed E-state index contributed by atoms with van der Waals surface area (Å²) in [6, 6.07) is 0.687. The van der Waals surface area contributed by atoms with Crippen molar-refractivity contribution in [1.82, 2.24) is 5.32 Å². The second kappa shape index (κ2) is 10.6. The van der Waals surface area contributed by atoms with Gasteiger partial charge in [-0.1, -0.05) is 13.8 Å². The molecule has 0 aliphatic carbocycles. The molecule has 0 aliphatic rings. The average molecular weight is 173 g/mol. The summed E-state index contributed by atoms with van der Waals surface area (Å²) in [4.78, 5) is 8.81. The van der Waals surface area contributed by atoms with Gasteiger partial charge in [0.2, 0.25) is 0 Å². The Balaban J connectivity index is 0. The van der Waals surface area contributed by atoms with Gasteiger partial charge in [-0.15, -0.1) is 0 Å². The van der Waals surface area contributed by atoms with Gasteiger partial charge in [0, 0.05) is 6.04 Å². The van der Waals surface area contributed by atoms with Crippen LogP contribution in [0.1, 0.15) is 40.5 Å². The van der Waals surface area contributed by atoms with Gasteiger partial charge in [0.05, 0.1) is 0 Å². The van der Waals surface area contributed by atoms with Crippen LogP contribution in [0.3, 0.4) is 0 Å². The van der Waals surface area contributed by atoms with Crippen molar-refractivity contribution in [3.63, 3.8) is 0 Å². The lowest BCUT2D eigenvalue weighted by Crippen LogP contribution is -2.21. The third-order valence-corrected chi connectivity index (χ3v) is 1.67. The van der Waals surface area contributed by atoms with Gasteiger partial charge < -0.3 is 10.1 Å². The number of nitrogens with one attached hydrogen (secondary N) is 1. The van der Waals surface area contributed by atoms with E-state index in [2.05, 4.69) is 26.1 Å². The first-order valence-corrected chi connectivity index (χ1v) is 4.65. The van der Waals surface area contributed by atoms with Crippen LogP contribution in [0.5, 0.6) is 0 Å². The molecule has 0 fully saturated rings. The Morgan fingerprint density at radius 1 is 1.25 bits per heavy atom. The van der Waals surface area contributed by atoms with Crippen molar-refractivity contribution in [3.05, 3.63) is 0 Å². The minimum Gasteiger partial charge on any atom is -0.317 e. The average Bonchev–Trinajstić information content (AvgIpc) is 2.01. The zero-order valence-electron chi connectivity index (χ0n) is 9.05. The predicted octanol–water partition coefficient (Wildman–Crippen LogP) is 2.24. The fourth-order valence-corrected chi connectivity index (χ4v) is 0.728. The van der Waals surface area contributed by atoms with E-state index in [1.165, 1.54) is 19.8 Å². The van der Waals surface area contributed by atoms with Crippen LogP contribution < -0.4 is 5.32 Å². The molecule has 0 aromatic rings. The molecule has 0 aromatic carbocycles. The number of carbonyl (C=O) groups is 1. The smallest absolute Gasteiger partial charge is 0.116 e. The van der Waals surface area contributed by atoms with Gasteiger partial charge in [-0.25, -0.2) is 0 Å². The van der Waals surface area contributed by atoms with Crippen LogP contribution in [0.2, 0.25) is 0 Å². The number of aldehydes is 1. The molecule has 12 heavy (non-hydrogen) atoms. The molecular formula is C10H23NO. The van der Waals surface area contributed by atoms with Gasteiger partial charge in [0.25, 0.3) is 0 Å². The van der Waals surface area contributed by atoms with Gasteiger partial charge >= 0.3 is 0 Å². The van der Waals surface area contributed by atoms with Gasteiger partial charge in [0.15, 0.2) is 0 Å². The van der Waals surface area contributed by atoms with Crippen molar-refractivity contribution in [1.29, 1.82) is 0 Å². The molecule has 0 unspecified atom stereocenters. The number of hydrogen-bond acceptors (Lipinski definition) is 2. The van der Waals surface area contributed by atoms with Crippen LogP contribution in [-0.4, -0.2) is 19.4 Å². The first kappa shape index (κ1) is 14.2. The fraction of sp³-hybridized carbons (Fsp3) is 0.900. The summed E-state index contributed by atoms with van der Waals surface area (Å²) in [5.74, 6) is 0.848. The Morgan fingerprint density at radius 2 is 1.67 bits per heavy atom. The SMILES string of the molecule is CC=O.CN[C@H](C)CCC(C)C. The Kier molecular flexibility index (Phi) is 12.6. The van der Waals surface area contributed by atoms with E-state index in [1.807, 2.05) is 7.05 Å². The minimum absolute atomic E-state index is 0.687. The zero-order chi connectivity index (χ0) is 9.98. The van der Waals surface area contributed by atoms with Crippen LogP contribution in [0.25, 0.3) is 0 Å². The molecule has 0 rings (SSSR count). The molecule has 2 nitrogen and oxygen atoms in total. The van der Waals surface area contributed by atoms with Crippen LogP contribution in [0, 0.1) is 5.92 Å². The van der Waals surface area contributed by atoms with E-state index in [0.29, 0.717) is 6.04 Å². The maximum absolute atomic E-state index is 8.81. The molecule has 0 saturated carbocycles. The molecule has 2 heteroatoms. The highest BCUT2D eigenvalue weighted by Crippen LogP contribution is 2.05. The third-order valence-electron chi connectivity index (χ3n) is 1.67. The molecular weight excluding hydrogens is 150 g/mol. The summed E-state index contributed by atoms with van der Waals surface area (Å²) in [7, 11) is 2.02. The second-order valence-corrected chi connectivity index (χ2v) is 3.40. The van der Waals surface area contributed by atoms with E-state index in [-0.39, 0.29) is 0 Å². The fourth-order valence-electron chi connectivity index (χ4n) is 0.728. The van der Waals surface area contributed by atoms with Crippen molar-refractivity contribution in [3.8, 4) is 0 Å². The monoisotopic (exact) mass is 173 g/mol. The van der Waals surface area contributed by atoms with Gasteiger partial charge in [-0.3, -0.25) is 0 Å². The quantitative estimate of drug-likeness (QED) is 0.661. The lowest BCUT2D eigenvalue weighted by molar-refractivity contribution is -0.106. The molecule has 0 aromatic heterocycles. The van der Waals surface area contributed by atoms with Gasteiger partial charge in [-0.2, -0.15) is 0 Å². The molecule has 0 spiro atoms. The van der Waals surface area contributed by atoms with E-state index >= 15 is 0 Å². The number of carbonyl (C=O) groups excluding carboxylic acids is 1. The van der Waals surface area contributed by atoms with Crippen LogP contribution in [-0.2, 0) is 4.79 Å². The zero-order valence-corrected chi connectivity index (χ0v) is 9.05. The van der Waals surface area contributed by atoms with E-state index in [0.717, 1.165) is 12.2 Å². The molecule has 74 valence electrons. The second-order valence-electron chi connectivity index (χ2n) is 3.40. The van der Waals surface area contributed by atoms with Gasteiger partial charge in [-0.05, 0) is 39.7 Å². The van der Waals surface area contributed by atoms with Crippen molar-refractivity contribution in [2.24, 2.45) is 5.92 Å². The van der Waals surface area contributed by atoms with Gasteiger partial charge in [0.1, 0.15) is 6.29 Å². The lowest BCUT2D eigenvalue weighted by Gasteiger charge is -2.10. The van der Waals surface area contributed by atoms with E-state index in [9.17, 15) is 0 Å². The summed E-state index contributed by atoms with van der Waals surface area (Å²) >= 11 is 0. The summed E-state index contributed by atoms with van der Waals surface area (Å²) < 4.78 is 0. The molecule has 1 atom stereocenters. The highest BCUT2D eigenvalue weighted by molar-refractivity contribution is 5.44. The summed E-state index contributed by atoms with van der Waals surface area (Å²) in [5, 5.41) is 3.22. The molecule has 0 aliphatic heterocycles. The van der Waals surface area contributed by atoms with Crippen LogP contribution in [0.4, 0.5) is 0 Å². The molecule has 0 saturated heterocycles. The van der Waals surface area contributed by atoms with Crippen molar-refractivity contribution < 1.29 is 4.79 Å². The number of hydrogen-bond donors (Lipinski definition) is 1. The predicted molar refractivity (Wildman–Crippen MR) is 54.3 cm³/mol. The standard InChI is InChI=1S/C8H19N.C2H4O/c1-7(2)5-6-8(3)9-4;1-2-3/h7-9H,5-6H2,1-4H3;2H,1H3/t8-;/m1./s1. The Bertz CT molecular complexity index is 91.8. The van der Waals surface area contributed by atoms with E-state index in [1.54, 1.807) is 0 Å². The van der Waals surface area contributed by atoms with E-state index in [4.69, 9.17) is 4.79 Å². The van der Waals surface area contributed by atoms with Crippen molar-refractivity contribution in [2.75, 3.05) is 7.05 Å². The topological polar surface area (TPSA) is 29.1 Å². The third kappa shape index (κ3) is 16.3. The highest BCUT2D eigenvalue weighted by atomic mass is 16.1. The first-order valence-electron chi connectivity index (χ1n) is 4.65. The molecule has 0 radical (unpaired) electrons. The molecule has 1 N–H and O–H groups in total. The summed E-state index contributed by atoms with van der Waals surface area (Å²) in [6.45, 7) is 8.20. The normalized spacial score (nSPS) is 11.8. The van der Waals surface area contributed by atoms with Crippen LogP contribution >= 0.6 is 0 Å².